The van der Waals surface area contributed by atoms with Crippen molar-refractivity contribution in [1.29, 1.82) is 0 Å². The molecule has 2 aliphatic rings. The molecule has 1 radical (unpaired) electrons. The molecule has 0 aliphatic carbocycles. The molecule has 3 atom stereocenters. The van der Waals surface area contributed by atoms with Crippen molar-refractivity contribution in [2.75, 3.05) is 13.2 Å². The van der Waals surface area contributed by atoms with Crippen LogP contribution < -0.4 is 9.47 Å². The topological polar surface area (TPSA) is 135 Å². The average Bonchev–Trinajstić information content (AvgIpc) is 3.68. The van der Waals surface area contributed by atoms with E-state index in [0.717, 1.165) is 6.42 Å². The maximum atomic E-state index is 12.3. The van der Waals surface area contributed by atoms with E-state index in [1.165, 1.54) is 24.3 Å². The Balaban J connectivity index is 0.000000214. The Bertz CT molecular complexity index is 1590. The van der Waals surface area contributed by atoms with Crippen LogP contribution in [0.15, 0.2) is 103 Å². The van der Waals surface area contributed by atoms with Crippen LogP contribution in [0.5, 0.6) is 11.5 Å². The first-order valence-electron chi connectivity index (χ1n) is 13.7. The van der Waals surface area contributed by atoms with Gasteiger partial charge in [-0.3, -0.25) is 0 Å². The van der Waals surface area contributed by atoms with E-state index in [1.807, 2.05) is 6.07 Å². The van der Waals surface area contributed by atoms with Crippen molar-refractivity contribution in [3.63, 3.8) is 0 Å². The molecule has 0 spiro atoms. The van der Waals surface area contributed by atoms with Gasteiger partial charge in [0.2, 0.25) is 0 Å². The SMILES string of the molecule is O=C(O)c1ccc(OC(=O)c2cc[c-]cc2)cc1.O=C(Oc1ccc(C(=O)OC2CO[C@@H]3CCO[C@H]23)cc1)c1ccccc1.[V]. The van der Waals surface area contributed by atoms with Gasteiger partial charge in [-0.2, -0.15) is 30.3 Å². The summed E-state index contributed by atoms with van der Waals surface area (Å²) in [7, 11) is 0. The van der Waals surface area contributed by atoms with Gasteiger partial charge < -0.3 is 28.8 Å². The number of aromatic carboxylic acids is 1. The van der Waals surface area contributed by atoms with Gasteiger partial charge in [0.1, 0.15) is 17.6 Å². The number of esters is 3. The maximum absolute atomic E-state index is 12.3. The number of carboxylic acid groups (broad SMARTS) is 1. The fourth-order valence-electron chi connectivity index (χ4n) is 4.49. The van der Waals surface area contributed by atoms with Gasteiger partial charge in [-0.15, -0.1) is 0 Å². The molecule has 2 fully saturated rings. The fraction of sp³-hybridized carbons (Fsp3) is 0.176. The quantitative estimate of drug-likeness (QED) is 0.166. The number of fused-ring (bicyclic) bond motifs is 1. The summed E-state index contributed by atoms with van der Waals surface area (Å²) in [6, 6.07) is 29.8. The molecule has 45 heavy (non-hydrogen) atoms. The van der Waals surface area contributed by atoms with Crippen molar-refractivity contribution < 1.29 is 66.5 Å². The molecule has 10 nitrogen and oxygen atoms in total. The van der Waals surface area contributed by atoms with Crippen LogP contribution in [0.1, 0.15) is 47.9 Å². The van der Waals surface area contributed by atoms with Gasteiger partial charge in [-0.05, 0) is 72.6 Å². The molecule has 1 N–H and O–H groups in total. The Morgan fingerprint density at radius 1 is 0.667 bits per heavy atom. The van der Waals surface area contributed by atoms with Crippen molar-refractivity contribution in [1.82, 2.24) is 0 Å². The maximum Gasteiger partial charge on any atom is 0.343 e. The number of carbonyl (C=O) groups is 4. The second-order valence-electron chi connectivity index (χ2n) is 9.73. The minimum absolute atomic E-state index is 0. The van der Waals surface area contributed by atoms with Crippen LogP contribution in [-0.4, -0.2) is 60.5 Å². The van der Waals surface area contributed by atoms with Crippen molar-refractivity contribution in [3.8, 4) is 11.5 Å². The van der Waals surface area contributed by atoms with E-state index in [4.69, 9.17) is 28.8 Å². The smallest absolute Gasteiger partial charge is 0.343 e. The predicted octanol–water partition coefficient (Wildman–Crippen LogP) is 5.02. The van der Waals surface area contributed by atoms with E-state index in [2.05, 4.69) is 6.07 Å². The number of carbonyl (C=O) groups excluding carboxylic acids is 3. The summed E-state index contributed by atoms with van der Waals surface area (Å²) in [6.07, 6.45) is 0.295. The van der Waals surface area contributed by atoms with E-state index in [9.17, 15) is 19.2 Å². The average molecular weight is 647 g/mol. The molecule has 2 aliphatic heterocycles. The van der Waals surface area contributed by atoms with Gasteiger partial charge >= 0.3 is 23.9 Å². The molecule has 6 rings (SSSR count). The largest absolute Gasteiger partial charge is 0.478 e. The molecule has 0 aromatic heterocycles. The molecular weight excluding hydrogens is 619 g/mol. The third-order valence-electron chi connectivity index (χ3n) is 6.75. The predicted molar refractivity (Wildman–Crippen MR) is 155 cm³/mol. The summed E-state index contributed by atoms with van der Waals surface area (Å²) in [5, 5.41) is 8.72. The van der Waals surface area contributed by atoms with Crippen LogP contribution >= 0.6 is 0 Å². The first kappa shape index (κ1) is 33.2. The molecule has 4 aromatic carbocycles. The second-order valence-corrected chi connectivity index (χ2v) is 9.73. The Labute approximate surface area is 270 Å². The summed E-state index contributed by atoms with van der Waals surface area (Å²) in [4.78, 5) is 46.7. The minimum Gasteiger partial charge on any atom is -0.478 e. The van der Waals surface area contributed by atoms with Crippen LogP contribution in [0, 0.1) is 6.07 Å². The Kier molecular flexibility index (Phi) is 11.7. The number of benzene rings is 4. The first-order valence-corrected chi connectivity index (χ1v) is 13.7. The van der Waals surface area contributed by atoms with Crippen molar-refractivity contribution in [2.45, 2.75) is 24.7 Å². The van der Waals surface area contributed by atoms with E-state index in [0.29, 0.717) is 41.4 Å². The van der Waals surface area contributed by atoms with Crippen molar-refractivity contribution in [3.05, 3.63) is 131 Å². The van der Waals surface area contributed by atoms with Crippen molar-refractivity contribution >= 4 is 23.9 Å². The van der Waals surface area contributed by atoms with Gasteiger partial charge in [0.05, 0.1) is 29.4 Å². The molecule has 2 saturated heterocycles. The number of carboxylic acids is 1. The van der Waals surface area contributed by atoms with Crippen LogP contribution in [0.4, 0.5) is 0 Å². The standard InChI is InChI=1S/C20H18O6.C14H9O4.V/c21-19(13-4-2-1-3-5-13)25-15-8-6-14(7-9-15)20(22)26-17-12-24-16-10-11-23-18(16)17;15-13(16)10-6-8-12(9-7-10)18-14(17)11-4-2-1-3-5-11;/h1-9,16-18H,10-12H2;2-9H,(H,15,16);/q;-1;/t16-,17?,18+;;/m1../s1. The third-order valence-corrected chi connectivity index (χ3v) is 6.75. The number of rotatable bonds is 7. The molecule has 11 heteroatoms. The fourth-order valence-corrected chi connectivity index (χ4v) is 4.49. The molecular formula is C34H27O10V-. The van der Waals surface area contributed by atoms with E-state index in [1.54, 1.807) is 72.8 Å². The van der Waals surface area contributed by atoms with Gasteiger partial charge in [-0.1, -0.05) is 18.2 Å². The zero-order chi connectivity index (χ0) is 30.9. The summed E-state index contributed by atoms with van der Waals surface area (Å²) in [5.41, 5.74) is 1.40. The number of hydrogen-bond acceptors (Lipinski definition) is 9. The molecule has 229 valence electrons. The summed E-state index contributed by atoms with van der Waals surface area (Å²) in [5.74, 6) is -1.75. The molecule has 0 bridgehead atoms. The Morgan fingerprint density at radius 2 is 1.20 bits per heavy atom. The summed E-state index contributed by atoms with van der Waals surface area (Å²) < 4.78 is 27.0. The van der Waals surface area contributed by atoms with Crippen LogP contribution in [0.2, 0.25) is 0 Å². The molecule has 2 heterocycles. The first-order chi connectivity index (χ1) is 21.4. The summed E-state index contributed by atoms with van der Waals surface area (Å²) >= 11 is 0. The normalized spacial score (nSPS) is 17.8. The molecule has 0 saturated carbocycles. The third kappa shape index (κ3) is 8.90. The zero-order valence-corrected chi connectivity index (χ0v) is 25.1. The monoisotopic (exact) mass is 646 g/mol. The second kappa shape index (κ2) is 15.8. The summed E-state index contributed by atoms with van der Waals surface area (Å²) in [6.45, 7) is 0.985. The Morgan fingerprint density at radius 3 is 1.78 bits per heavy atom. The van der Waals surface area contributed by atoms with Gasteiger partial charge in [0.25, 0.3) is 0 Å². The minimum atomic E-state index is -1.02. The van der Waals surface area contributed by atoms with Gasteiger partial charge in [0.15, 0.2) is 6.10 Å². The Hall–Kier alpha value is -4.74. The van der Waals surface area contributed by atoms with Crippen LogP contribution in [0.3, 0.4) is 0 Å². The van der Waals surface area contributed by atoms with E-state index >= 15 is 0 Å². The number of ether oxygens (including phenoxy) is 5. The molecule has 0 amide bonds. The van der Waals surface area contributed by atoms with Crippen LogP contribution in [-0.2, 0) is 32.8 Å². The zero-order valence-electron chi connectivity index (χ0n) is 23.7. The van der Waals surface area contributed by atoms with Crippen molar-refractivity contribution in [2.24, 2.45) is 0 Å². The molecule has 1 unspecified atom stereocenters. The van der Waals surface area contributed by atoms with Gasteiger partial charge in [-0.25, -0.2) is 19.2 Å². The van der Waals surface area contributed by atoms with E-state index in [-0.39, 0.29) is 42.4 Å². The van der Waals surface area contributed by atoms with Gasteiger partial charge in [0, 0.05) is 25.2 Å². The molecule has 4 aromatic rings. The van der Waals surface area contributed by atoms with Crippen LogP contribution in [0.25, 0.3) is 0 Å². The van der Waals surface area contributed by atoms with E-state index < -0.39 is 23.9 Å². The number of hydrogen-bond donors (Lipinski definition) is 1.